The first-order valence-corrected chi connectivity index (χ1v) is 8.19. The second-order valence-corrected chi connectivity index (χ2v) is 6.26. The minimum Gasteiger partial charge on any atom is -0.356 e. The van der Waals surface area contributed by atoms with Crippen molar-refractivity contribution in [2.24, 2.45) is 10.9 Å². The highest BCUT2D eigenvalue weighted by atomic mass is 16.2. The molecule has 0 saturated heterocycles. The van der Waals surface area contributed by atoms with E-state index in [9.17, 15) is 4.79 Å². The molecule has 0 atom stereocenters. The van der Waals surface area contributed by atoms with Gasteiger partial charge >= 0.3 is 0 Å². The van der Waals surface area contributed by atoms with E-state index in [2.05, 4.69) is 35.6 Å². The Bertz CT molecular complexity index is 351. The van der Waals surface area contributed by atoms with Crippen LogP contribution in [0.1, 0.15) is 39.5 Å². The van der Waals surface area contributed by atoms with E-state index < -0.39 is 0 Å². The van der Waals surface area contributed by atoms with Crippen LogP contribution < -0.4 is 5.32 Å². The lowest BCUT2D eigenvalue weighted by molar-refractivity contribution is -0.127. The van der Waals surface area contributed by atoms with Crippen molar-refractivity contribution >= 4 is 11.9 Å². The number of nitrogens with one attached hydrogen (secondary N) is 1. The predicted octanol–water partition coefficient (Wildman–Crippen LogP) is 2.35. The number of hydrogen-bond acceptors (Lipinski definition) is 2. The largest absolute Gasteiger partial charge is 0.356 e. The second-order valence-electron chi connectivity index (χ2n) is 6.26. The second kappa shape index (κ2) is 12.1. The lowest BCUT2D eigenvalue weighted by Crippen LogP contribution is -2.41. The van der Waals surface area contributed by atoms with Crippen LogP contribution in [0, 0.1) is 5.92 Å². The first-order chi connectivity index (χ1) is 10.4. The number of hydrogen-bond donors (Lipinski definition) is 1. The Morgan fingerprint density at radius 3 is 2.45 bits per heavy atom. The van der Waals surface area contributed by atoms with E-state index >= 15 is 0 Å². The van der Waals surface area contributed by atoms with Gasteiger partial charge in [0.25, 0.3) is 0 Å². The van der Waals surface area contributed by atoms with E-state index in [0.717, 1.165) is 31.9 Å². The Morgan fingerprint density at radius 2 is 1.91 bits per heavy atom. The smallest absolute Gasteiger partial charge is 0.243 e. The summed E-state index contributed by atoms with van der Waals surface area (Å²) >= 11 is 0. The van der Waals surface area contributed by atoms with Crippen molar-refractivity contribution in [2.75, 3.05) is 40.8 Å². The van der Waals surface area contributed by atoms with Crippen LogP contribution in [0.25, 0.3) is 0 Å². The summed E-state index contributed by atoms with van der Waals surface area (Å²) < 4.78 is 0. The third-order valence-electron chi connectivity index (χ3n) is 3.29. The van der Waals surface area contributed by atoms with E-state index in [1.54, 1.807) is 19.0 Å². The van der Waals surface area contributed by atoms with Gasteiger partial charge in [0.05, 0.1) is 0 Å². The lowest BCUT2D eigenvalue weighted by Gasteiger charge is -2.23. The highest BCUT2D eigenvalue weighted by molar-refractivity contribution is 5.84. The van der Waals surface area contributed by atoms with E-state index in [-0.39, 0.29) is 12.5 Å². The Labute approximate surface area is 136 Å². The molecule has 0 aliphatic heterocycles. The summed E-state index contributed by atoms with van der Waals surface area (Å²) in [5.41, 5.74) is 0. The van der Waals surface area contributed by atoms with E-state index in [4.69, 9.17) is 0 Å². The number of allylic oxidation sites excluding steroid dienone is 1. The molecule has 0 heterocycles. The lowest BCUT2D eigenvalue weighted by atomic mass is 10.2. The monoisotopic (exact) mass is 310 g/mol. The summed E-state index contributed by atoms with van der Waals surface area (Å²) in [6, 6.07) is 0. The summed E-state index contributed by atoms with van der Waals surface area (Å²) in [5, 5.41) is 3.35. The number of likely N-dealkylation sites (N-methyl/N-ethyl adjacent to an activating group) is 1. The molecule has 0 aromatic rings. The van der Waals surface area contributed by atoms with Crippen molar-refractivity contribution in [3.8, 4) is 0 Å². The number of aliphatic imine (C=N–C) groups is 1. The molecule has 5 nitrogen and oxygen atoms in total. The number of amides is 1. The van der Waals surface area contributed by atoms with Crippen molar-refractivity contribution in [1.29, 1.82) is 0 Å². The fraction of sp³-hybridized carbons (Fsp3) is 0.765. The molecule has 0 radical (unpaired) electrons. The topological polar surface area (TPSA) is 47.9 Å². The highest BCUT2D eigenvalue weighted by Gasteiger charge is 2.09. The van der Waals surface area contributed by atoms with Crippen LogP contribution in [0.5, 0.6) is 0 Å². The fourth-order valence-electron chi connectivity index (χ4n) is 1.81. The van der Waals surface area contributed by atoms with Crippen LogP contribution in [-0.4, -0.2) is 62.4 Å². The van der Waals surface area contributed by atoms with Gasteiger partial charge in [0.1, 0.15) is 6.54 Å². The quantitative estimate of drug-likeness (QED) is 0.292. The number of unbranched alkanes of at least 4 members (excludes halogenated alkanes) is 3. The minimum atomic E-state index is 0.0169. The van der Waals surface area contributed by atoms with Gasteiger partial charge in [-0.05, 0) is 25.2 Å². The Morgan fingerprint density at radius 1 is 1.23 bits per heavy atom. The molecule has 5 heteroatoms. The molecule has 1 N–H and O–H groups in total. The molecule has 0 rings (SSSR count). The molecule has 0 unspecified atom stereocenters. The number of rotatable bonds is 10. The predicted molar refractivity (Wildman–Crippen MR) is 95.1 cm³/mol. The van der Waals surface area contributed by atoms with Gasteiger partial charge in [-0.2, -0.15) is 0 Å². The normalized spacial score (nSPS) is 11.5. The SMILES string of the molecule is C=CCCCCCN(C)C(=NCC(=O)N(C)C)NCC(C)C. The number of carbonyl (C=O) groups is 1. The van der Waals surface area contributed by atoms with E-state index in [1.807, 2.05) is 13.1 Å². The number of guanidine groups is 1. The molecule has 0 aromatic carbocycles. The Balaban J connectivity index is 4.45. The first-order valence-electron chi connectivity index (χ1n) is 8.19. The Kier molecular flexibility index (Phi) is 11.2. The van der Waals surface area contributed by atoms with Gasteiger partial charge in [-0.25, -0.2) is 4.99 Å². The van der Waals surface area contributed by atoms with Crippen molar-refractivity contribution in [2.45, 2.75) is 39.5 Å². The van der Waals surface area contributed by atoms with E-state index in [1.165, 1.54) is 12.8 Å². The third kappa shape index (κ3) is 10.2. The molecule has 0 aliphatic carbocycles. The van der Waals surface area contributed by atoms with Crippen molar-refractivity contribution in [3.05, 3.63) is 12.7 Å². The standard InChI is InChI=1S/C17H34N4O/c1-7-8-9-10-11-12-21(6)17(18-13-15(2)3)19-14-16(22)20(4)5/h7,15H,1,8-14H2,2-6H3,(H,18,19). The summed E-state index contributed by atoms with van der Waals surface area (Å²) in [7, 11) is 5.53. The van der Waals surface area contributed by atoms with Gasteiger partial charge in [0, 0.05) is 34.2 Å². The first kappa shape index (κ1) is 20.5. The van der Waals surface area contributed by atoms with Crippen LogP contribution in [0.4, 0.5) is 0 Å². The fourth-order valence-corrected chi connectivity index (χ4v) is 1.81. The van der Waals surface area contributed by atoms with Gasteiger partial charge in [-0.1, -0.05) is 26.3 Å². The molecule has 0 bridgehead atoms. The van der Waals surface area contributed by atoms with Crippen LogP contribution in [-0.2, 0) is 4.79 Å². The zero-order valence-electron chi connectivity index (χ0n) is 15.1. The third-order valence-corrected chi connectivity index (χ3v) is 3.29. The molecular formula is C17H34N4O. The zero-order valence-corrected chi connectivity index (χ0v) is 15.1. The number of nitrogens with zero attached hydrogens (tertiary/aromatic N) is 3. The van der Waals surface area contributed by atoms with Crippen LogP contribution >= 0.6 is 0 Å². The van der Waals surface area contributed by atoms with Gasteiger partial charge in [0.15, 0.2) is 5.96 Å². The molecule has 128 valence electrons. The van der Waals surface area contributed by atoms with Crippen LogP contribution in [0.15, 0.2) is 17.6 Å². The average molecular weight is 310 g/mol. The molecule has 1 amide bonds. The van der Waals surface area contributed by atoms with Gasteiger partial charge in [-0.3, -0.25) is 4.79 Å². The molecule has 0 fully saturated rings. The maximum Gasteiger partial charge on any atom is 0.243 e. The van der Waals surface area contributed by atoms with Crippen LogP contribution in [0.3, 0.4) is 0 Å². The maximum absolute atomic E-state index is 11.7. The maximum atomic E-state index is 11.7. The minimum absolute atomic E-state index is 0.0169. The van der Waals surface area contributed by atoms with Crippen LogP contribution in [0.2, 0.25) is 0 Å². The average Bonchev–Trinajstić information content (AvgIpc) is 2.46. The molecule has 22 heavy (non-hydrogen) atoms. The molecule has 0 aromatic heterocycles. The van der Waals surface area contributed by atoms with Crippen molar-refractivity contribution < 1.29 is 4.79 Å². The van der Waals surface area contributed by atoms with Crippen molar-refractivity contribution in [3.63, 3.8) is 0 Å². The van der Waals surface area contributed by atoms with E-state index in [0.29, 0.717) is 5.92 Å². The molecule has 0 spiro atoms. The van der Waals surface area contributed by atoms with Crippen molar-refractivity contribution in [1.82, 2.24) is 15.1 Å². The summed E-state index contributed by atoms with van der Waals surface area (Å²) in [5.74, 6) is 1.37. The summed E-state index contributed by atoms with van der Waals surface area (Å²) in [6.07, 6.45) is 6.53. The Hall–Kier alpha value is -1.52. The molecule has 0 aliphatic rings. The summed E-state index contributed by atoms with van der Waals surface area (Å²) in [6.45, 7) is 10.0. The van der Waals surface area contributed by atoms with Gasteiger partial charge < -0.3 is 15.1 Å². The molecule has 0 saturated carbocycles. The zero-order chi connectivity index (χ0) is 17.0. The van der Waals surface area contributed by atoms with Gasteiger partial charge in [-0.15, -0.1) is 6.58 Å². The molecular weight excluding hydrogens is 276 g/mol. The summed E-state index contributed by atoms with van der Waals surface area (Å²) in [4.78, 5) is 19.8. The van der Waals surface area contributed by atoms with Gasteiger partial charge in [0.2, 0.25) is 5.91 Å². The highest BCUT2D eigenvalue weighted by Crippen LogP contribution is 2.02. The number of carbonyl (C=O) groups excluding carboxylic acids is 1.